The van der Waals surface area contributed by atoms with Crippen LogP contribution in [-0.2, 0) is 9.47 Å². The van der Waals surface area contributed by atoms with E-state index in [0.29, 0.717) is 11.8 Å². The average molecular weight is 198 g/mol. The molecule has 0 amide bonds. The number of hydrogen-bond donors (Lipinski definition) is 0. The second kappa shape index (κ2) is 5.52. The van der Waals surface area contributed by atoms with E-state index in [2.05, 4.69) is 33.8 Å². The summed E-state index contributed by atoms with van der Waals surface area (Å²) in [6.45, 7) is 10.3. The quantitative estimate of drug-likeness (QED) is 0.646. The smallest absolute Gasteiger partial charge is 0.180 e. The number of allylic oxidation sites excluding steroid dienone is 1. The molecule has 1 aliphatic heterocycles. The van der Waals surface area contributed by atoms with Gasteiger partial charge in [0.15, 0.2) is 6.29 Å². The first-order valence-electron chi connectivity index (χ1n) is 5.54. The maximum Gasteiger partial charge on any atom is 0.180 e. The molecule has 0 aliphatic carbocycles. The van der Waals surface area contributed by atoms with Crippen LogP contribution in [0.3, 0.4) is 0 Å². The lowest BCUT2D eigenvalue weighted by molar-refractivity contribution is -0.0171. The summed E-state index contributed by atoms with van der Waals surface area (Å²) in [6.07, 6.45) is 3.32. The molecule has 0 aromatic carbocycles. The molecule has 1 heterocycles. The van der Waals surface area contributed by atoms with Gasteiger partial charge in [-0.15, -0.1) is 0 Å². The molecule has 1 aliphatic rings. The lowest BCUT2D eigenvalue weighted by Crippen LogP contribution is -2.16. The third-order valence-electron chi connectivity index (χ3n) is 2.39. The minimum Gasteiger partial charge on any atom is -0.346 e. The van der Waals surface area contributed by atoms with Crippen molar-refractivity contribution in [3.63, 3.8) is 0 Å². The first kappa shape index (κ1) is 11.7. The predicted molar refractivity (Wildman–Crippen MR) is 58.1 cm³/mol. The van der Waals surface area contributed by atoms with E-state index in [4.69, 9.17) is 9.47 Å². The molecule has 0 bridgehead atoms. The summed E-state index contributed by atoms with van der Waals surface area (Å²) >= 11 is 0. The summed E-state index contributed by atoms with van der Waals surface area (Å²) in [5, 5.41) is 0. The Hall–Kier alpha value is -0.340. The van der Waals surface area contributed by atoms with Gasteiger partial charge in [0, 0.05) is 0 Å². The van der Waals surface area contributed by atoms with E-state index in [9.17, 15) is 0 Å². The molecule has 0 radical (unpaired) electrons. The van der Waals surface area contributed by atoms with Crippen molar-refractivity contribution in [2.75, 3.05) is 13.2 Å². The molecule has 82 valence electrons. The van der Waals surface area contributed by atoms with E-state index in [-0.39, 0.29) is 6.29 Å². The second-order valence-electron chi connectivity index (χ2n) is 4.56. The van der Waals surface area contributed by atoms with E-state index in [1.807, 2.05) is 0 Å². The zero-order valence-corrected chi connectivity index (χ0v) is 9.75. The van der Waals surface area contributed by atoms with Crippen molar-refractivity contribution in [1.82, 2.24) is 0 Å². The third-order valence-corrected chi connectivity index (χ3v) is 2.39. The van der Waals surface area contributed by atoms with Gasteiger partial charge in [0.2, 0.25) is 0 Å². The zero-order chi connectivity index (χ0) is 10.6. The number of ether oxygens (including phenoxy) is 2. The van der Waals surface area contributed by atoms with Gasteiger partial charge in [-0.3, -0.25) is 0 Å². The van der Waals surface area contributed by atoms with Gasteiger partial charge in [0.1, 0.15) is 0 Å². The summed E-state index contributed by atoms with van der Waals surface area (Å²) in [5.41, 5.74) is 1.30. The largest absolute Gasteiger partial charge is 0.346 e. The highest BCUT2D eigenvalue weighted by atomic mass is 16.7. The first-order chi connectivity index (χ1) is 6.61. The van der Waals surface area contributed by atoms with E-state index < -0.39 is 0 Å². The highest BCUT2D eigenvalue weighted by molar-refractivity contribution is 5.09. The monoisotopic (exact) mass is 198 g/mol. The topological polar surface area (TPSA) is 18.5 Å². The van der Waals surface area contributed by atoms with Gasteiger partial charge in [-0.05, 0) is 23.8 Å². The fourth-order valence-electron chi connectivity index (χ4n) is 1.53. The molecule has 0 spiro atoms. The van der Waals surface area contributed by atoms with Crippen LogP contribution in [0.25, 0.3) is 0 Å². The predicted octanol–water partition coefficient (Wildman–Crippen LogP) is 2.99. The van der Waals surface area contributed by atoms with E-state index in [1.165, 1.54) is 5.57 Å². The Bertz CT molecular complexity index is 188. The van der Waals surface area contributed by atoms with Gasteiger partial charge in [-0.25, -0.2) is 0 Å². The first-order valence-corrected chi connectivity index (χ1v) is 5.54. The number of rotatable bonds is 4. The van der Waals surface area contributed by atoms with Gasteiger partial charge in [-0.2, -0.15) is 0 Å². The van der Waals surface area contributed by atoms with Gasteiger partial charge in [0.05, 0.1) is 13.2 Å². The van der Waals surface area contributed by atoms with Gasteiger partial charge in [-0.1, -0.05) is 33.8 Å². The summed E-state index contributed by atoms with van der Waals surface area (Å²) in [6, 6.07) is 0. The molecule has 1 saturated heterocycles. The molecule has 0 aromatic heterocycles. The Morgan fingerprint density at radius 1 is 1.21 bits per heavy atom. The summed E-state index contributed by atoms with van der Waals surface area (Å²) < 4.78 is 11.0. The Morgan fingerprint density at radius 2 is 1.79 bits per heavy atom. The van der Waals surface area contributed by atoms with Crippen LogP contribution >= 0.6 is 0 Å². The second-order valence-corrected chi connectivity index (χ2v) is 4.56. The normalized spacial score (nSPS) is 20.0. The molecule has 0 atom stereocenters. The molecule has 0 aromatic rings. The Balaban J connectivity index is 2.57. The molecule has 2 heteroatoms. The Labute approximate surface area is 87.3 Å². The van der Waals surface area contributed by atoms with Crippen molar-refractivity contribution in [3.8, 4) is 0 Å². The van der Waals surface area contributed by atoms with Crippen LogP contribution < -0.4 is 0 Å². The molecule has 1 rings (SSSR count). The van der Waals surface area contributed by atoms with Crippen LogP contribution in [0.4, 0.5) is 0 Å². The summed E-state index contributed by atoms with van der Waals surface area (Å²) in [5.74, 6) is 1.21. The molecular weight excluding hydrogens is 176 g/mol. The fraction of sp³-hybridized carbons (Fsp3) is 0.833. The maximum absolute atomic E-state index is 5.52. The molecule has 2 nitrogen and oxygen atoms in total. The van der Waals surface area contributed by atoms with Crippen molar-refractivity contribution in [1.29, 1.82) is 0 Å². The van der Waals surface area contributed by atoms with Crippen molar-refractivity contribution < 1.29 is 9.47 Å². The standard InChI is InChI=1S/C12H22O2/c1-9(2)5-6-11(10(3)4)12-13-7-8-14-12/h6,9-10,12H,5,7-8H2,1-4H3/b11-6+. The van der Waals surface area contributed by atoms with Crippen molar-refractivity contribution >= 4 is 0 Å². The van der Waals surface area contributed by atoms with Crippen LogP contribution in [0.2, 0.25) is 0 Å². The van der Waals surface area contributed by atoms with Crippen LogP contribution in [0.15, 0.2) is 11.6 Å². The molecule has 0 unspecified atom stereocenters. The van der Waals surface area contributed by atoms with Crippen LogP contribution in [0.5, 0.6) is 0 Å². The highest BCUT2D eigenvalue weighted by Gasteiger charge is 2.22. The van der Waals surface area contributed by atoms with Crippen LogP contribution in [-0.4, -0.2) is 19.5 Å². The third kappa shape index (κ3) is 3.43. The lowest BCUT2D eigenvalue weighted by Gasteiger charge is -2.18. The SMILES string of the molecule is CC(C)C/C=C(\C(C)C)C1OCCO1. The molecule has 0 N–H and O–H groups in total. The maximum atomic E-state index is 5.52. The average Bonchev–Trinajstić information content (AvgIpc) is 2.56. The van der Waals surface area contributed by atoms with Crippen molar-refractivity contribution in [3.05, 3.63) is 11.6 Å². The highest BCUT2D eigenvalue weighted by Crippen LogP contribution is 2.22. The fourth-order valence-corrected chi connectivity index (χ4v) is 1.53. The minimum atomic E-state index is -0.0752. The van der Waals surface area contributed by atoms with E-state index in [1.54, 1.807) is 0 Å². The minimum absolute atomic E-state index is 0.0752. The molecule has 0 saturated carbocycles. The summed E-state index contributed by atoms with van der Waals surface area (Å²) in [4.78, 5) is 0. The Morgan fingerprint density at radius 3 is 2.21 bits per heavy atom. The molecule has 1 fully saturated rings. The Kier molecular flexibility index (Phi) is 4.63. The lowest BCUT2D eigenvalue weighted by atomic mass is 9.99. The van der Waals surface area contributed by atoms with Crippen molar-refractivity contribution in [2.45, 2.75) is 40.4 Å². The summed E-state index contributed by atoms with van der Waals surface area (Å²) in [7, 11) is 0. The van der Waals surface area contributed by atoms with Gasteiger partial charge < -0.3 is 9.47 Å². The van der Waals surface area contributed by atoms with Crippen molar-refractivity contribution in [2.24, 2.45) is 11.8 Å². The van der Waals surface area contributed by atoms with Gasteiger partial charge >= 0.3 is 0 Å². The van der Waals surface area contributed by atoms with Crippen LogP contribution in [0, 0.1) is 11.8 Å². The van der Waals surface area contributed by atoms with E-state index >= 15 is 0 Å². The molecule has 14 heavy (non-hydrogen) atoms. The zero-order valence-electron chi connectivity index (χ0n) is 9.75. The van der Waals surface area contributed by atoms with Gasteiger partial charge in [0.25, 0.3) is 0 Å². The van der Waals surface area contributed by atoms with E-state index in [0.717, 1.165) is 19.6 Å². The van der Waals surface area contributed by atoms with Crippen LogP contribution in [0.1, 0.15) is 34.1 Å². The molecular formula is C12H22O2. The number of hydrogen-bond acceptors (Lipinski definition) is 2.